The Kier molecular flexibility index (Phi) is 11.3. The van der Waals surface area contributed by atoms with Crippen LogP contribution in [0.2, 0.25) is 10.0 Å². The summed E-state index contributed by atoms with van der Waals surface area (Å²) in [4.78, 5) is 30.8. The van der Waals surface area contributed by atoms with Crippen LogP contribution in [-0.4, -0.2) is 52.4 Å². The summed E-state index contributed by atoms with van der Waals surface area (Å²) in [5.74, 6) is 0.822. The third kappa shape index (κ3) is 8.51. The van der Waals surface area contributed by atoms with Crippen molar-refractivity contribution in [1.29, 1.82) is 0 Å². The van der Waals surface area contributed by atoms with Gasteiger partial charge in [0.25, 0.3) is 5.91 Å². The lowest BCUT2D eigenvalue weighted by molar-refractivity contribution is -0.134. The third-order valence-electron chi connectivity index (χ3n) is 6.94. The minimum absolute atomic E-state index is 0.00107. The number of halogens is 2. The zero-order chi connectivity index (χ0) is 28.5. The van der Waals surface area contributed by atoms with Crippen LogP contribution in [0.15, 0.2) is 60.8 Å². The number of carbonyl (C=O) groups is 2. The highest BCUT2D eigenvalue weighted by Gasteiger charge is 2.26. The number of amides is 2. The number of aromatic nitrogens is 1. The van der Waals surface area contributed by atoms with Crippen LogP contribution in [0.5, 0.6) is 5.75 Å². The number of hydrogen-bond donors (Lipinski definition) is 0. The van der Waals surface area contributed by atoms with Crippen molar-refractivity contribution in [2.24, 2.45) is 5.92 Å². The maximum Gasteiger partial charge on any atom is 0.255 e. The number of ether oxygens (including phenoxy) is 1. The lowest BCUT2D eigenvalue weighted by atomic mass is 10.1. The number of nitrogens with zero attached hydrogens (tertiary/aromatic N) is 3. The van der Waals surface area contributed by atoms with E-state index in [9.17, 15) is 9.59 Å². The van der Waals surface area contributed by atoms with Crippen molar-refractivity contribution < 1.29 is 14.3 Å². The topological polar surface area (TPSA) is 54.8 Å². The van der Waals surface area contributed by atoms with Crippen molar-refractivity contribution in [3.63, 3.8) is 0 Å². The smallest absolute Gasteiger partial charge is 0.255 e. The van der Waals surface area contributed by atoms with E-state index in [1.54, 1.807) is 30.2 Å². The van der Waals surface area contributed by atoms with Gasteiger partial charge in [0, 0.05) is 36.0 Å². The molecule has 0 saturated carbocycles. The Balaban J connectivity index is 1.82. The van der Waals surface area contributed by atoms with Gasteiger partial charge in [-0.3, -0.25) is 9.59 Å². The average molecular weight is 573 g/mol. The quantitative estimate of drug-likeness (QED) is 0.218. The van der Waals surface area contributed by atoms with Crippen LogP contribution < -0.4 is 4.74 Å². The molecule has 0 bridgehead atoms. The molecular formula is C31H39Cl2N3O3. The minimum Gasteiger partial charge on any atom is -0.497 e. The molecule has 0 aliphatic carbocycles. The van der Waals surface area contributed by atoms with E-state index < -0.39 is 0 Å². The zero-order valence-corrected chi connectivity index (χ0v) is 25.0. The van der Waals surface area contributed by atoms with E-state index in [0.717, 1.165) is 29.8 Å². The second kappa shape index (κ2) is 14.4. The van der Waals surface area contributed by atoms with Crippen LogP contribution in [0.1, 0.15) is 62.2 Å². The fourth-order valence-corrected chi connectivity index (χ4v) is 4.84. The summed E-state index contributed by atoms with van der Waals surface area (Å²) in [5, 5.41) is 0.741. The summed E-state index contributed by atoms with van der Waals surface area (Å²) in [5.41, 5.74) is 2.48. The maximum atomic E-state index is 13.8. The van der Waals surface area contributed by atoms with Crippen LogP contribution in [0.25, 0.3) is 0 Å². The van der Waals surface area contributed by atoms with Crippen molar-refractivity contribution in [3.8, 4) is 5.75 Å². The van der Waals surface area contributed by atoms with E-state index in [-0.39, 0.29) is 29.4 Å². The van der Waals surface area contributed by atoms with Gasteiger partial charge in [0.2, 0.25) is 5.91 Å². The van der Waals surface area contributed by atoms with Crippen molar-refractivity contribution >= 4 is 35.0 Å². The van der Waals surface area contributed by atoms with Gasteiger partial charge < -0.3 is 19.1 Å². The van der Waals surface area contributed by atoms with E-state index >= 15 is 0 Å². The average Bonchev–Trinajstić information content (AvgIpc) is 3.35. The molecule has 0 saturated heterocycles. The first-order chi connectivity index (χ1) is 18.6. The van der Waals surface area contributed by atoms with E-state index in [4.69, 9.17) is 27.9 Å². The van der Waals surface area contributed by atoms with E-state index in [1.165, 1.54) is 0 Å². The molecule has 2 aromatic carbocycles. The molecule has 0 N–H and O–H groups in total. The molecule has 8 heteroatoms. The standard InChI is InChI=1S/C31H39Cl2N3O3/c1-6-23(4)36(20-26-10-8-15-34(26)19-24-9-7-11-27(17-24)39-5)30(37)21-35(16-14-22(2)3)31(38)28-13-12-25(32)18-29(28)33/h7-13,15,17-18,22-23H,6,14,16,19-21H2,1-5H3. The molecule has 210 valence electrons. The molecule has 1 unspecified atom stereocenters. The first-order valence-electron chi connectivity index (χ1n) is 13.4. The van der Waals surface area contributed by atoms with Gasteiger partial charge in [-0.25, -0.2) is 0 Å². The number of benzene rings is 2. The molecule has 1 atom stereocenters. The molecule has 6 nitrogen and oxygen atoms in total. The minimum atomic E-state index is -0.267. The summed E-state index contributed by atoms with van der Waals surface area (Å²) < 4.78 is 7.52. The van der Waals surface area contributed by atoms with E-state index in [2.05, 4.69) is 31.4 Å². The van der Waals surface area contributed by atoms with Crippen LogP contribution >= 0.6 is 23.2 Å². The first kappa shape index (κ1) is 30.6. The molecule has 1 heterocycles. The number of hydrogen-bond acceptors (Lipinski definition) is 3. The molecule has 0 fully saturated rings. The third-order valence-corrected chi connectivity index (χ3v) is 7.49. The molecule has 0 aliphatic heterocycles. The predicted molar refractivity (Wildman–Crippen MR) is 159 cm³/mol. The fraction of sp³-hybridized carbons (Fsp3) is 0.419. The monoisotopic (exact) mass is 571 g/mol. The number of rotatable bonds is 13. The van der Waals surface area contributed by atoms with Crippen molar-refractivity contribution in [2.75, 3.05) is 20.2 Å². The molecule has 0 aliphatic rings. The normalized spacial score (nSPS) is 11.9. The summed E-state index contributed by atoms with van der Waals surface area (Å²) >= 11 is 12.4. The van der Waals surface area contributed by atoms with Crippen molar-refractivity contribution in [3.05, 3.63) is 87.7 Å². The van der Waals surface area contributed by atoms with Gasteiger partial charge in [-0.15, -0.1) is 0 Å². The van der Waals surface area contributed by atoms with Crippen LogP contribution in [-0.2, 0) is 17.9 Å². The van der Waals surface area contributed by atoms with Crippen LogP contribution in [0.3, 0.4) is 0 Å². The Morgan fingerprint density at radius 3 is 2.46 bits per heavy atom. The number of carbonyl (C=O) groups excluding carboxylic acids is 2. The van der Waals surface area contributed by atoms with E-state index in [0.29, 0.717) is 36.1 Å². The Bertz CT molecular complexity index is 1260. The molecule has 0 radical (unpaired) electrons. The SMILES string of the molecule is CCC(C)N(Cc1cccn1Cc1cccc(OC)c1)C(=O)CN(CCC(C)C)C(=O)c1ccc(Cl)cc1Cl. The van der Waals surface area contributed by atoms with Crippen LogP contribution in [0.4, 0.5) is 0 Å². The molecule has 3 aromatic rings. The maximum absolute atomic E-state index is 13.8. The first-order valence-corrected chi connectivity index (χ1v) is 14.2. The van der Waals surface area contributed by atoms with Gasteiger partial charge in [-0.2, -0.15) is 0 Å². The highest BCUT2D eigenvalue weighted by atomic mass is 35.5. The molecule has 0 spiro atoms. The molecule has 39 heavy (non-hydrogen) atoms. The summed E-state index contributed by atoms with van der Waals surface area (Å²) in [6, 6.07) is 16.8. The Labute approximate surface area is 242 Å². The highest BCUT2D eigenvalue weighted by Crippen LogP contribution is 2.23. The Morgan fingerprint density at radius 1 is 1.03 bits per heavy atom. The van der Waals surface area contributed by atoms with Gasteiger partial charge in [0.1, 0.15) is 12.3 Å². The van der Waals surface area contributed by atoms with Gasteiger partial charge in [-0.05, 0) is 73.7 Å². The number of methoxy groups -OCH3 is 1. The lowest BCUT2D eigenvalue weighted by Crippen LogP contribution is -2.46. The van der Waals surface area contributed by atoms with Crippen molar-refractivity contribution in [1.82, 2.24) is 14.4 Å². The lowest BCUT2D eigenvalue weighted by Gasteiger charge is -2.32. The molecule has 3 rings (SSSR count). The second-order valence-electron chi connectivity index (χ2n) is 10.3. The molecular weight excluding hydrogens is 533 g/mol. The van der Waals surface area contributed by atoms with Gasteiger partial charge in [0.05, 0.1) is 24.2 Å². The van der Waals surface area contributed by atoms with Gasteiger partial charge in [-0.1, -0.05) is 56.1 Å². The van der Waals surface area contributed by atoms with Crippen molar-refractivity contribution in [2.45, 2.75) is 59.7 Å². The molecule has 2 amide bonds. The summed E-state index contributed by atoms with van der Waals surface area (Å²) in [7, 11) is 1.66. The van der Waals surface area contributed by atoms with E-state index in [1.807, 2.05) is 48.4 Å². The summed E-state index contributed by atoms with van der Waals surface area (Å²) in [6.07, 6.45) is 3.59. The largest absolute Gasteiger partial charge is 0.497 e. The Morgan fingerprint density at radius 2 is 1.79 bits per heavy atom. The summed E-state index contributed by atoms with van der Waals surface area (Å²) in [6.45, 7) is 9.85. The zero-order valence-electron chi connectivity index (χ0n) is 23.5. The fourth-order valence-electron chi connectivity index (χ4n) is 4.35. The van der Waals surface area contributed by atoms with Gasteiger partial charge in [0.15, 0.2) is 0 Å². The predicted octanol–water partition coefficient (Wildman–Crippen LogP) is 7.17. The van der Waals surface area contributed by atoms with Crippen LogP contribution in [0, 0.1) is 5.92 Å². The Hall–Kier alpha value is -2.96. The van der Waals surface area contributed by atoms with Gasteiger partial charge >= 0.3 is 0 Å². The second-order valence-corrected chi connectivity index (χ2v) is 11.1. The highest BCUT2D eigenvalue weighted by molar-refractivity contribution is 6.36. The molecule has 1 aromatic heterocycles.